The van der Waals surface area contributed by atoms with Crippen LogP contribution in [0.4, 0.5) is 8.78 Å². The van der Waals surface area contributed by atoms with Crippen molar-refractivity contribution < 1.29 is 13.9 Å². The number of H-pyrrole nitrogens is 1. The highest BCUT2D eigenvalue weighted by Crippen LogP contribution is 2.28. The predicted molar refractivity (Wildman–Crippen MR) is 78.3 cm³/mol. The van der Waals surface area contributed by atoms with Crippen LogP contribution in [0.25, 0.3) is 0 Å². The Morgan fingerprint density at radius 2 is 2.05 bits per heavy atom. The van der Waals surface area contributed by atoms with Gasteiger partial charge in [0.1, 0.15) is 11.6 Å². The zero-order chi connectivity index (χ0) is 15.5. The highest BCUT2D eigenvalue weighted by atomic mass is 19.1. The van der Waals surface area contributed by atoms with Gasteiger partial charge in [0, 0.05) is 36.0 Å². The third kappa shape index (κ3) is 3.34. The van der Waals surface area contributed by atoms with E-state index in [1.807, 2.05) is 6.07 Å². The first kappa shape index (κ1) is 15.1. The molecule has 0 radical (unpaired) electrons. The molecule has 0 amide bonds. The lowest BCUT2D eigenvalue weighted by Crippen LogP contribution is -2.36. The van der Waals surface area contributed by atoms with E-state index in [-0.39, 0.29) is 5.56 Å². The molecular weight excluding hydrogens is 288 g/mol. The second kappa shape index (κ2) is 6.54. The van der Waals surface area contributed by atoms with E-state index in [1.165, 1.54) is 12.1 Å². The van der Waals surface area contributed by atoms with E-state index in [9.17, 15) is 13.9 Å². The minimum absolute atomic E-state index is 0.150. The Labute approximate surface area is 127 Å². The van der Waals surface area contributed by atoms with Crippen LogP contribution in [0.1, 0.15) is 36.1 Å². The highest BCUT2D eigenvalue weighted by Gasteiger charge is 2.24. The number of halogens is 2. The number of aliphatic hydroxyl groups is 1. The molecule has 6 heteroatoms. The summed E-state index contributed by atoms with van der Waals surface area (Å²) in [5, 5.41) is 17.1. The fourth-order valence-electron chi connectivity index (χ4n) is 3.04. The SMILES string of the molecule is O[C@H](CN1CCC(c2ccn[nH]2)CC1)c1ccc(F)cc1F. The molecule has 1 aliphatic heterocycles. The van der Waals surface area contributed by atoms with Crippen LogP contribution in [-0.4, -0.2) is 39.8 Å². The van der Waals surface area contributed by atoms with Gasteiger partial charge in [0.2, 0.25) is 0 Å². The van der Waals surface area contributed by atoms with Crippen LogP contribution in [0.3, 0.4) is 0 Å². The first-order valence-corrected chi connectivity index (χ1v) is 7.48. The average Bonchev–Trinajstić information content (AvgIpc) is 3.02. The number of β-amino-alcohol motifs (C(OH)–C–C–N with tert-alkyl or cyclic N) is 1. The van der Waals surface area contributed by atoms with Crippen molar-refractivity contribution in [2.45, 2.75) is 24.9 Å². The molecule has 1 aromatic heterocycles. The lowest BCUT2D eigenvalue weighted by molar-refractivity contribution is 0.0943. The lowest BCUT2D eigenvalue weighted by atomic mass is 9.93. The summed E-state index contributed by atoms with van der Waals surface area (Å²) in [6, 6.07) is 5.28. The lowest BCUT2D eigenvalue weighted by Gasteiger charge is -2.32. The van der Waals surface area contributed by atoms with Crippen LogP contribution in [0, 0.1) is 11.6 Å². The maximum atomic E-state index is 13.7. The summed E-state index contributed by atoms with van der Waals surface area (Å²) in [4.78, 5) is 2.11. The summed E-state index contributed by atoms with van der Waals surface area (Å²) < 4.78 is 26.6. The Morgan fingerprint density at radius 1 is 1.27 bits per heavy atom. The first-order chi connectivity index (χ1) is 10.6. The van der Waals surface area contributed by atoms with E-state index >= 15 is 0 Å². The summed E-state index contributed by atoms with van der Waals surface area (Å²) in [6.45, 7) is 2.03. The molecule has 1 fully saturated rings. The number of likely N-dealkylation sites (tertiary alicyclic amines) is 1. The van der Waals surface area contributed by atoms with E-state index in [0.29, 0.717) is 12.5 Å². The Balaban J connectivity index is 1.56. The summed E-state index contributed by atoms with van der Waals surface area (Å²) in [5.41, 5.74) is 1.29. The molecule has 3 rings (SSSR count). The number of hydrogen-bond donors (Lipinski definition) is 2. The molecule has 1 atom stereocenters. The molecule has 22 heavy (non-hydrogen) atoms. The van der Waals surface area contributed by atoms with Crippen LogP contribution >= 0.6 is 0 Å². The molecule has 0 unspecified atom stereocenters. The number of aliphatic hydroxyl groups excluding tert-OH is 1. The molecule has 1 aliphatic rings. The molecular formula is C16H19F2N3O. The quantitative estimate of drug-likeness (QED) is 0.913. The third-order valence-corrected chi connectivity index (χ3v) is 4.30. The Kier molecular flexibility index (Phi) is 4.49. The van der Waals surface area contributed by atoms with Gasteiger partial charge >= 0.3 is 0 Å². The number of rotatable bonds is 4. The van der Waals surface area contributed by atoms with Gasteiger partial charge in [0.05, 0.1) is 6.10 Å². The van der Waals surface area contributed by atoms with Crippen molar-refractivity contribution in [3.63, 3.8) is 0 Å². The summed E-state index contributed by atoms with van der Waals surface area (Å²) >= 11 is 0. The highest BCUT2D eigenvalue weighted by molar-refractivity contribution is 5.21. The van der Waals surface area contributed by atoms with Gasteiger partial charge in [-0.2, -0.15) is 5.10 Å². The van der Waals surface area contributed by atoms with E-state index < -0.39 is 17.7 Å². The maximum absolute atomic E-state index is 13.7. The standard InChI is InChI=1S/C16H19F2N3O/c17-12-1-2-13(14(18)9-12)16(22)10-21-7-4-11(5-8-21)15-3-6-19-20-15/h1-3,6,9,11,16,22H,4-5,7-8,10H2,(H,19,20)/t16-/m1/s1. The van der Waals surface area contributed by atoms with Gasteiger partial charge in [-0.1, -0.05) is 6.07 Å². The zero-order valence-electron chi connectivity index (χ0n) is 12.2. The topological polar surface area (TPSA) is 52.1 Å². The number of aromatic nitrogens is 2. The molecule has 2 aromatic rings. The normalized spacial score (nSPS) is 18.5. The van der Waals surface area contributed by atoms with E-state index in [0.717, 1.165) is 37.7 Å². The molecule has 4 nitrogen and oxygen atoms in total. The van der Waals surface area contributed by atoms with Gasteiger partial charge in [-0.15, -0.1) is 0 Å². The van der Waals surface area contributed by atoms with Gasteiger partial charge in [-0.05, 0) is 38.1 Å². The monoisotopic (exact) mass is 307 g/mol. The zero-order valence-corrected chi connectivity index (χ0v) is 12.2. The smallest absolute Gasteiger partial charge is 0.131 e. The minimum atomic E-state index is -0.940. The predicted octanol–water partition coefficient (Wildman–Crippen LogP) is 2.60. The van der Waals surface area contributed by atoms with Crippen molar-refractivity contribution >= 4 is 0 Å². The number of aromatic amines is 1. The number of hydrogen-bond acceptors (Lipinski definition) is 3. The van der Waals surface area contributed by atoms with Crippen LogP contribution in [0.2, 0.25) is 0 Å². The molecule has 0 bridgehead atoms. The molecule has 118 valence electrons. The maximum Gasteiger partial charge on any atom is 0.131 e. The Hall–Kier alpha value is -1.79. The van der Waals surface area contributed by atoms with Crippen LogP contribution in [0.5, 0.6) is 0 Å². The summed E-state index contributed by atoms with van der Waals surface area (Å²) in [6.07, 6.45) is 2.76. The van der Waals surface area contributed by atoms with Crippen molar-refractivity contribution in [2.75, 3.05) is 19.6 Å². The van der Waals surface area contributed by atoms with Crippen molar-refractivity contribution in [1.82, 2.24) is 15.1 Å². The molecule has 2 heterocycles. The minimum Gasteiger partial charge on any atom is -0.387 e. The Bertz CT molecular complexity index is 610. The first-order valence-electron chi connectivity index (χ1n) is 7.48. The second-order valence-corrected chi connectivity index (χ2v) is 5.77. The molecule has 0 aliphatic carbocycles. The number of nitrogens with zero attached hydrogens (tertiary/aromatic N) is 2. The Morgan fingerprint density at radius 3 is 2.68 bits per heavy atom. The molecule has 1 saturated heterocycles. The molecule has 0 saturated carbocycles. The van der Waals surface area contributed by atoms with Gasteiger partial charge in [-0.3, -0.25) is 5.10 Å². The van der Waals surface area contributed by atoms with Gasteiger partial charge in [-0.25, -0.2) is 8.78 Å². The van der Waals surface area contributed by atoms with Crippen molar-refractivity contribution in [1.29, 1.82) is 0 Å². The second-order valence-electron chi connectivity index (χ2n) is 5.77. The molecule has 1 aromatic carbocycles. The van der Waals surface area contributed by atoms with Crippen molar-refractivity contribution in [3.8, 4) is 0 Å². The van der Waals surface area contributed by atoms with Crippen molar-refractivity contribution in [3.05, 3.63) is 53.4 Å². The van der Waals surface area contributed by atoms with Crippen molar-refractivity contribution in [2.24, 2.45) is 0 Å². The van der Waals surface area contributed by atoms with Crippen LogP contribution in [0.15, 0.2) is 30.5 Å². The van der Waals surface area contributed by atoms with Gasteiger partial charge < -0.3 is 10.0 Å². The van der Waals surface area contributed by atoms with Gasteiger partial charge in [0.25, 0.3) is 0 Å². The fraction of sp³-hybridized carbons (Fsp3) is 0.438. The van der Waals surface area contributed by atoms with Gasteiger partial charge in [0.15, 0.2) is 0 Å². The summed E-state index contributed by atoms with van der Waals surface area (Å²) in [7, 11) is 0. The number of piperidine rings is 1. The molecule has 0 spiro atoms. The largest absolute Gasteiger partial charge is 0.387 e. The number of nitrogens with one attached hydrogen (secondary N) is 1. The van der Waals surface area contributed by atoms with Crippen LogP contribution < -0.4 is 0 Å². The third-order valence-electron chi connectivity index (χ3n) is 4.30. The summed E-state index contributed by atoms with van der Waals surface area (Å²) in [5.74, 6) is -0.868. The van der Waals surface area contributed by atoms with E-state index in [4.69, 9.17) is 0 Å². The van der Waals surface area contributed by atoms with E-state index in [2.05, 4.69) is 15.1 Å². The molecule has 2 N–H and O–H groups in total. The number of benzene rings is 1. The van der Waals surface area contributed by atoms with Crippen LogP contribution in [-0.2, 0) is 0 Å². The van der Waals surface area contributed by atoms with E-state index in [1.54, 1.807) is 6.20 Å². The fourth-order valence-corrected chi connectivity index (χ4v) is 3.04. The average molecular weight is 307 g/mol.